The smallest absolute Gasteiger partial charge is 0.347 e. The molecule has 1 aromatic rings. The molecule has 1 aromatic carbocycles. The molecule has 0 amide bonds. The predicted molar refractivity (Wildman–Crippen MR) is 56.3 cm³/mol. The maximum atomic E-state index is 10.9. The number of benzene rings is 1. The second-order valence-corrected chi connectivity index (χ2v) is 3.76. The van der Waals surface area contributed by atoms with Crippen LogP contribution >= 0.6 is 0 Å². The molecule has 2 N–H and O–H groups in total. The van der Waals surface area contributed by atoms with Gasteiger partial charge in [0, 0.05) is 0 Å². The Bertz CT molecular complexity index is 403. The Morgan fingerprint density at radius 2 is 2.27 bits per heavy atom. The van der Waals surface area contributed by atoms with Gasteiger partial charge in [0.15, 0.2) is 0 Å². The number of aryl methyl sites for hydroxylation is 1. The number of carboxylic acid groups (broad SMARTS) is 1. The van der Waals surface area contributed by atoms with Crippen LogP contribution in [0.3, 0.4) is 0 Å². The van der Waals surface area contributed by atoms with E-state index in [9.17, 15) is 4.79 Å². The van der Waals surface area contributed by atoms with Crippen LogP contribution in [0, 0.1) is 6.92 Å². The molecule has 80 valence electrons. The number of aliphatic carboxylic acids is 1. The Hall–Kier alpha value is -1.71. The molecule has 4 heteroatoms. The first-order chi connectivity index (χ1) is 7.09. The molecule has 0 aromatic heterocycles. The average molecular weight is 207 g/mol. The molecule has 2 atom stereocenters. The van der Waals surface area contributed by atoms with Gasteiger partial charge in [-0.2, -0.15) is 0 Å². The minimum absolute atomic E-state index is 0.225. The standard InChI is InChI=1S/C11H13NO3/c1-6-4-3-5-8-9(6)15-10(11(13)14)7(2)12-8/h3-5,7,10,12H,1-2H3,(H,13,14). The minimum atomic E-state index is -0.941. The summed E-state index contributed by atoms with van der Waals surface area (Å²) < 4.78 is 5.47. The van der Waals surface area contributed by atoms with Crippen LogP contribution in [0.4, 0.5) is 5.69 Å². The summed E-state index contributed by atoms with van der Waals surface area (Å²) in [6.45, 7) is 3.69. The van der Waals surface area contributed by atoms with Crippen molar-refractivity contribution in [1.82, 2.24) is 0 Å². The zero-order valence-corrected chi connectivity index (χ0v) is 8.65. The molecule has 2 rings (SSSR count). The highest BCUT2D eigenvalue weighted by molar-refractivity contribution is 5.77. The number of fused-ring (bicyclic) bond motifs is 1. The Kier molecular flexibility index (Phi) is 2.26. The lowest BCUT2D eigenvalue weighted by atomic mass is 10.1. The summed E-state index contributed by atoms with van der Waals surface area (Å²) in [5.41, 5.74) is 1.80. The van der Waals surface area contributed by atoms with Crippen molar-refractivity contribution in [2.45, 2.75) is 26.0 Å². The monoisotopic (exact) mass is 207 g/mol. The van der Waals surface area contributed by atoms with E-state index in [0.29, 0.717) is 5.75 Å². The van der Waals surface area contributed by atoms with Crippen molar-refractivity contribution in [3.8, 4) is 5.75 Å². The number of rotatable bonds is 1. The molecule has 0 spiro atoms. The maximum absolute atomic E-state index is 10.9. The fourth-order valence-corrected chi connectivity index (χ4v) is 1.74. The van der Waals surface area contributed by atoms with Crippen molar-refractivity contribution in [2.75, 3.05) is 5.32 Å². The van der Waals surface area contributed by atoms with E-state index in [1.807, 2.05) is 25.1 Å². The fourth-order valence-electron chi connectivity index (χ4n) is 1.74. The van der Waals surface area contributed by atoms with Gasteiger partial charge >= 0.3 is 5.97 Å². The summed E-state index contributed by atoms with van der Waals surface area (Å²) in [5.74, 6) is -0.299. The van der Waals surface area contributed by atoms with E-state index < -0.39 is 12.1 Å². The molecule has 1 heterocycles. The molecule has 0 saturated heterocycles. The van der Waals surface area contributed by atoms with E-state index in [-0.39, 0.29) is 6.04 Å². The van der Waals surface area contributed by atoms with Crippen molar-refractivity contribution in [1.29, 1.82) is 0 Å². The normalized spacial score (nSPS) is 23.6. The summed E-state index contributed by atoms with van der Waals surface area (Å²) in [6, 6.07) is 5.47. The molecule has 2 unspecified atom stereocenters. The van der Waals surface area contributed by atoms with Gasteiger partial charge in [0.1, 0.15) is 5.75 Å². The van der Waals surface area contributed by atoms with Crippen LogP contribution in [0.1, 0.15) is 12.5 Å². The molecule has 1 aliphatic rings. The molecule has 0 saturated carbocycles. The SMILES string of the molecule is Cc1cccc2c1OC(C(=O)O)C(C)N2. The van der Waals surface area contributed by atoms with E-state index in [0.717, 1.165) is 11.3 Å². The van der Waals surface area contributed by atoms with E-state index in [1.54, 1.807) is 6.92 Å². The Morgan fingerprint density at radius 3 is 2.93 bits per heavy atom. The van der Waals surface area contributed by atoms with Crippen molar-refractivity contribution in [3.05, 3.63) is 23.8 Å². The van der Waals surface area contributed by atoms with Crippen molar-refractivity contribution >= 4 is 11.7 Å². The number of carboxylic acids is 1. The summed E-state index contributed by atoms with van der Waals surface area (Å²) in [7, 11) is 0. The van der Waals surface area contributed by atoms with Crippen LogP contribution in [0.2, 0.25) is 0 Å². The average Bonchev–Trinajstić information content (AvgIpc) is 2.16. The van der Waals surface area contributed by atoms with Crippen LogP contribution in [-0.4, -0.2) is 23.2 Å². The summed E-state index contributed by atoms with van der Waals surface area (Å²) >= 11 is 0. The van der Waals surface area contributed by atoms with Gasteiger partial charge in [0.25, 0.3) is 0 Å². The van der Waals surface area contributed by atoms with E-state index >= 15 is 0 Å². The number of hydrogen-bond donors (Lipinski definition) is 2. The van der Waals surface area contributed by atoms with Gasteiger partial charge in [-0.3, -0.25) is 0 Å². The van der Waals surface area contributed by atoms with E-state index in [4.69, 9.17) is 9.84 Å². The number of para-hydroxylation sites is 1. The second-order valence-electron chi connectivity index (χ2n) is 3.76. The van der Waals surface area contributed by atoms with Gasteiger partial charge in [-0.1, -0.05) is 12.1 Å². The Morgan fingerprint density at radius 1 is 1.53 bits per heavy atom. The highest BCUT2D eigenvalue weighted by Gasteiger charge is 2.32. The summed E-state index contributed by atoms with van der Waals surface area (Å²) in [4.78, 5) is 10.9. The molecule has 4 nitrogen and oxygen atoms in total. The van der Waals surface area contributed by atoms with Gasteiger partial charge in [-0.05, 0) is 25.5 Å². The van der Waals surface area contributed by atoms with Gasteiger partial charge in [-0.15, -0.1) is 0 Å². The lowest BCUT2D eigenvalue weighted by Gasteiger charge is -2.31. The Labute approximate surface area is 87.9 Å². The van der Waals surface area contributed by atoms with Crippen molar-refractivity contribution in [3.63, 3.8) is 0 Å². The predicted octanol–water partition coefficient (Wildman–Crippen LogP) is 1.64. The first kappa shape index (κ1) is 9.83. The maximum Gasteiger partial charge on any atom is 0.347 e. The van der Waals surface area contributed by atoms with Gasteiger partial charge in [0.05, 0.1) is 11.7 Å². The lowest BCUT2D eigenvalue weighted by Crippen LogP contribution is -2.44. The quantitative estimate of drug-likeness (QED) is 0.735. The first-order valence-electron chi connectivity index (χ1n) is 4.85. The van der Waals surface area contributed by atoms with Crippen molar-refractivity contribution in [2.24, 2.45) is 0 Å². The second kappa shape index (κ2) is 3.46. The fraction of sp³-hybridized carbons (Fsp3) is 0.364. The van der Waals surface area contributed by atoms with E-state index in [1.165, 1.54) is 0 Å². The van der Waals surface area contributed by atoms with Crippen molar-refractivity contribution < 1.29 is 14.6 Å². The molecule has 0 bridgehead atoms. The molecule has 0 aliphatic carbocycles. The molecule has 1 aliphatic heterocycles. The lowest BCUT2D eigenvalue weighted by molar-refractivity contribution is -0.145. The van der Waals surface area contributed by atoms with Crippen LogP contribution in [-0.2, 0) is 4.79 Å². The molecule has 15 heavy (non-hydrogen) atoms. The van der Waals surface area contributed by atoms with Gasteiger partial charge < -0.3 is 15.2 Å². The number of nitrogens with one attached hydrogen (secondary N) is 1. The van der Waals surface area contributed by atoms with Crippen LogP contribution in [0.25, 0.3) is 0 Å². The number of hydrogen-bond acceptors (Lipinski definition) is 3. The number of anilines is 1. The van der Waals surface area contributed by atoms with Gasteiger partial charge in [-0.25, -0.2) is 4.79 Å². The third kappa shape index (κ3) is 1.63. The third-order valence-electron chi connectivity index (χ3n) is 2.54. The number of carbonyl (C=O) groups is 1. The van der Waals surface area contributed by atoms with E-state index in [2.05, 4.69) is 5.32 Å². The van der Waals surface area contributed by atoms with Crippen LogP contribution in [0.5, 0.6) is 5.75 Å². The topological polar surface area (TPSA) is 58.6 Å². The van der Waals surface area contributed by atoms with Crippen LogP contribution in [0.15, 0.2) is 18.2 Å². The minimum Gasteiger partial charge on any atom is -0.478 e. The summed E-state index contributed by atoms with van der Waals surface area (Å²) in [5, 5.41) is 12.1. The molecule has 0 radical (unpaired) electrons. The highest BCUT2D eigenvalue weighted by atomic mass is 16.5. The summed E-state index contributed by atoms with van der Waals surface area (Å²) in [6.07, 6.45) is -0.821. The van der Waals surface area contributed by atoms with Crippen LogP contribution < -0.4 is 10.1 Å². The zero-order valence-electron chi connectivity index (χ0n) is 8.65. The number of ether oxygens (including phenoxy) is 1. The largest absolute Gasteiger partial charge is 0.478 e. The van der Waals surface area contributed by atoms with Gasteiger partial charge in [0.2, 0.25) is 6.10 Å². The molecule has 0 fully saturated rings. The first-order valence-corrected chi connectivity index (χ1v) is 4.85. The third-order valence-corrected chi connectivity index (χ3v) is 2.54. The molecular formula is C11H13NO3. The zero-order chi connectivity index (χ0) is 11.0. The highest BCUT2D eigenvalue weighted by Crippen LogP contribution is 2.34. The molecular weight excluding hydrogens is 194 g/mol. The Balaban J connectivity index is 2.39.